The molecule has 1 aromatic carbocycles. The van der Waals surface area contributed by atoms with Gasteiger partial charge in [0.05, 0.1) is 18.9 Å². The molecule has 1 fully saturated rings. The van der Waals surface area contributed by atoms with E-state index in [9.17, 15) is 9.18 Å². The number of carbonyl (C=O) groups excluding carboxylic acids is 1. The molecule has 19 heavy (non-hydrogen) atoms. The van der Waals surface area contributed by atoms with E-state index >= 15 is 0 Å². The van der Waals surface area contributed by atoms with Gasteiger partial charge in [0.2, 0.25) is 5.91 Å². The van der Waals surface area contributed by atoms with Crippen molar-refractivity contribution in [3.8, 4) is 0 Å². The molecule has 0 spiro atoms. The lowest BCUT2D eigenvalue weighted by Gasteiger charge is -2.29. The van der Waals surface area contributed by atoms with Crippen LogP contribution in [0.2, 0.25) is 0 Å². The number of morpholine rings is 1. The molecule has 1 unspecified atom stereocenters. The van der Waals surface area contributed by atoms with Gasteiger partial charge in [-0.15, -0.1) is 0 Å². The van der Waals surface area contributed by atoms with Crippen molar-refractivity contribution in [2.45, 2.75) is 13.0 Å². The highest BCUT2D eigenvalue weighted by Crippen LogP contribution is 2.20. The van der Waals surface area contributed by atoms with Gasteiger partial charge in [0, 0.05) is 17.6 Å². The van der Waals surface area contributed by atoms with E-state index in [-0.39, 0.29) is 11.7 Å². The number of hydrogen-bond donors (Lipinski definition) is 1. The van der Waals surface area contributed by atoms with Crippen molar-refractivity contribution < 1.29 is 13.9 Å². The van der Waals surface area contributed by atoms with Crippen LogP contribution < -0.4 is 5.32 Å². The minimum absolute atomic E-state index is 0.0365. The summed E-state index contributed by atoms with van der Waals surface area (Å²) in [6.07, 6.45) is 0. The second-order valence-electron chi connectivity index (χ2n) is 4.43. The van der Waals surface area contributed by atoms with Crippen LogP contribution in [0.5, 0.6) is 0 Å². The third kappa shape index (κ3) is 3.67. The maximum Gasteiger partial charge on any atom is 0.244 e. The van der Waals surface area contributed by atoms with Gasteiger partial charge in [0.1, 0.15) is 11.9 Å². The van der Waals surface area contributed by atoms with Crippen LogP contribution in [0.15, 0.2) is 22.7 Å². The van der Waals surface area contributed by atoms with Gasteiger partial charge in [-0.3, -0.25) is 4.79 Å². The van der Waals surface area contributed by atoms with E-state index in [2.05, 4.69) is 21.2 Å². The highest BCUT2D eigenvalue weighted by molar-refractivity contribution is 9.10. The SMILES string of the molecule is CC(Nc1ccc(Br)cc1F)C(=O)N1CCOCC1. The molecular formula is C13H16BrFN2O2. The number of hydrogen-bond acceptors (Lipinski definition) is 3. The lowest BCUT2D eigenvalue weighted by molar-refractivity contribution is -0.135. The van der Waals surface area contributed by atoms with Crippen LogP contribution in [0.25, 0.3) is 0 Å². The Morgan fingerprint density at radius 2 is 2.16 bits per heavy atom. The van der Waals surface area contributed by atoms with Crippen LogP contribution in [0.3, 0.4) is 0 Å². The maximum absolute atomic E-state index is 13.7. The van der Waals surface area contributed by atoms with Crippen molar-refractivity contribution in [1.82, 2.24) is 4.90 Å². The Kier molecular flexibility index (Phi) is 4.76. The predicted molar refractivity (Wildman–Crippen MR) is 74.6 cm³/mol. The van der Waals surface area contributed by atoms with Crippen LogP contribution in [0, 0.1) is 5.82 Å². The highest BCUT2D eigenvalue weighted by atomic mass is 79.9. The molecule has 0 radical (unpaired) electrons. The second kappa shape index (κ2) is 6.34. The Labute approximate surface area is 120 Å². The Bertz CT molecular complexity index is 464. The summed E-state index contributed by atoms with van der Waals surface area (Å²) >= 11 is 3.20. The number of nitrogens with zero attached hydrogens (tertiary/aromatic N) is 1. The quantitative estimate of drug-likeness (QED) is 0.924. The molecule has 1 aromatic rings. The molecule has 1 aliphatic heterocycles. The highest BCUT2D eigenvalue weighted by Gasteiger charge is 2.22. The number of halogens is 2. The molecule has 1 amide bonds. The first-order valence-electron chi connectivity index (χ1n) is 6.16. The Balaban J connectivity index is 1.99. The van der Waals surface area contributed by atoms with Gasteiger partial charge in [-0.1, -0.05) is 15.9 Å². The van der Waals surface area contributed by atoms with Gasteiger partial charge < -0.3 is 15.0 Å². The number of carbonyl (C=O) groups is 1. The van der Waals surface area contributed by atoms with E-state index in [1.165, 1.54) is 6.07 Å². The number of anilines is 1. The zero-order valence-corrected chi connectivity index (χ0v) is 12.2. The van der Waals surface area contributed by atoms with E-state index in [1.807, 2.05) is 0 Å². The minimum Gasteiger partial charge on any atom is -0.378 e. The summed E-state index contributed by atoms with van der Waals surface area (Å²) < 4.78 is 19.5. The van der Waals surface area contributed by atoms with Crippen LogP contribution in [0.1, 0.15) is 6.92 Å². The zero-order valence-electron chi connectivity index (χ0n) is 10.7. The average molecular weight is 331 g/mol. The monoisotopic (exact) mass is 330 g/mol. The maximum atomic E-state index is 13.7. The fraction of sp³-hybridized carbons (Fsp3) is 0.462. The normalized spacial score (nSPS) is 17.1. The summed E-state index contributed by atoms with van der Waals surface area (Å²) in [5, 5.41) is 2.91. The molecule has 0 bridgehead atoms. The molecule has 1 saturated heterocycles. The van der Waals surface area contributed by atoms with Crippen LogP contribution in [0.4, 0.5) is 10.1 Å². The van der Waals surface area contributed by atoms with E-state index in [4.69, 9.17) is 4.74 Å². The standard InChI is InChI=1S/C13H16BrFN2O2/c1-9(13(18)17-4-6-19-7-5-17)16-12-3-2-10(14)8-11(12)15/h2-3,8-9,16H,4-7H2,1H3. The first-order chi connectivity index (χ1) is 9.08. The largest absolute Gasteiger partial charge is 0.378 e. The van der Waals surface area contributed by atoms with Gasteiger partial charge in [-0.25, -0.2) is 4.39 Å². The fourth-order valence-corrected chi connectivity index (χ4v) is 2.29. The lowest BCUT2D eigenvalue weighted by Crippen LogP contribution is -2.47. The summed E-state index contributed by atoms with van der Waals surface area (Å²) in [6, 6.07) is 4.25. The first-order valence-corrected chi connectivity index (χ1v) is 6.95. The van der Waals surface area contributed by atoms with E-state index in [1.54, 1.807) is 24.0 Å². The van der Waals surface area contributed by atoms with Crippen LogP contribution in [-0.4, -0.2) is 43.2 Å². The fourth-order valence-electron chi connectivity index (χ4n) is 1.96. The van der Waals surface area contributed by atoms with Gasteiger partial charge in [-0.05, 0) is 25.1 Å². The van der Waals surface area contributed by atoms with Crippen LogP contribution in [-0.2, 0) is 9.53 Å². The van der Waals surface area contributed by atoms with Crippen molar-refractivity contribution in [3.63, 3.8) is 0 Å². The summed E-state index contributed by atoms with van der Waals surface area (Å²) in [5.41, 5.74) is 0.331. The lowest BCUT2D eigenvalue weighted by atomic mass is 10.2. The summed E-state index contributed by atoms with van der Waals surface area (Å²) in [6.45, 7) is 4.04. The third-order valence-electron chi connectivity index (χ3n) is 3.00. The molecule has 2 rings (SSSR count). The molecule has 1 aliphatic rings. The summed E-state index contributed by atoms with van der Waals surface area (Å²) in [5.74, 6) is -0.415. The van der Waals surface area contributed by atoms with Crippen LogP contribution >= 0.6 is 15.9 Å². The van der Waals surface area contributed by atoms with Crippen molar-refractivity contribution in [3.05, 3.63) is 28.5 Å². The number of amides is 1. The Hall–Kier alpha value is -1.14. The molecular weight excluding hydrogens is 315 g/mol. The number of ether oxygens (including phenoxy) is 1. The van der Waals surface area contributed by atoms with E-state index in [0.29, 0.717) is 36.5 Å². The molecule has 104 valence electrons. The zero-order chi connectivity index (χ0) is 13.8. The van der Waals surface area contributed by atoms with Crippen molar-refractivity contribution in [1.29, 1.82) is 0 Å². The van der Waals surface area contributed by atoms with Gasteiger partial charge in [0.25, 0.3) is 0 Å². The molecule has 0 saturated carbocycles. The smallest absolute Gasteiger partial charge is 0.244 e. The van der Waals surface area contributed by atoms with Gasteiger partial charge >= 0.3 is 0 Å². The first kappa shape index (κ1) is 14.3. The molecule has 0 aliphatic carbocycles. The minimum atomic E-state index is -0.464. The molecule has 4 nitrogen and oxygen atoms in total. The van der Waals surface area contributed by atoms with Gasteiger partial charge in [0.15, 0.2) is 0 Å². The van der Waals surface area contributed by atoms with Crippen molar-refractivity contribution in [2.75, 3.05) is 31.6 Å². The average Bonchev–Trinajstić information content (AvgIpc) is 2.42. The van der Waals surface area contributed by atoms with Gasteiger partial charge in [-0.2, -0.15) is 0 Å². The van der Waals surface area contributed by atoms with E-state index < -0.39 is 6.04 Å². The number of nitrogens with one attached hydrogen (secondary N) is 1. The Morgan fingerprint density at radius 1 is 1.47 bits per heavy atom. The number of benzene rings is 1. The van der Waals surface area contributed by atoms with Crippen molar-refractivity contribution >= 4 is 27.5 Å². The topological polar surface area (TPSA) is 41.6 Å². The van der Waals surface area contributed by atoms with E-state index in [0.717, 1.165) is 0 Å². The summed E-state index contributed by atoms with van der Waals surface area (Å²) in [7, 11) is 0. The predicted octanol–water partition coefficient (Wildman–Crippen LogP) is 2.25. The number of rotatable bonds is 3. The molecule has 6 heteroatoms. The third-order valence-corrected chi connectivity index (χ3v) is 3.49. The molecule has 1 atom stereocenters. The molecule has 0 aromatic heterocycles. The van der Waals surface area contributed by atoms with Crippen molar-refractivity contribution in [2.24, 2.45) is 0 Å². The Morgan fingerprint density at radius 3 is 2.79 bits per heavy atom. The molecule has 1 N–H and O–H groups in total. The summed E-state index contributed by atoms with van der Waals surface area (Å²) in [4.78, 5) is 13.9. The molecule has 1 heterocycles. The second-order valence-corrected chi connectivity index (χ2v) is 5.34.